The van der Waals surface area contributed by atoms with Crippen LogP contribution in [0.2, 0.25) is 0 Å². The van der Waals surface area contributed by atoms with Gasteiger partial charge in [-0.3, -0.25) is 4.90 Å². The molecule has 25 heavy (non-hydrogen) atoms. The van der Waals surface area contributed by atoms with Gasteiger partial charge in [0.1, 0.15) is 18.5 Å². The number of aryl methyl sites for hydroxylation is 1. The molecule has 1 unspecified atom stereocenters. The summed E-state index contributed by atoms with van der Waals surface area (Å²) in [6.07, 6.45) is 0.121. The summed E-state index contributed by atoms with van der Waals surface area (Å²) >= 11 is 0. The lowest BCUT2D eigenvalue weighted by atomic mass is 10.1. The summed E-state index contributed by atoms with van der Waals surface area (Å²) in [6.45, 7) is 6.27. The molecule has 2 aromatic carbocycles. The van der Waals surface area contributed by atoms with E-state index in [0.29, 0.717) is 6.61 Å². The minimum Gasteiger partial charge on any atom is -0.491 e. The molecule has 1 heterocycles. The first-order valence-electron chi connectivity index (χ1n) is 8.90. The summed E-state index contributed by atoms with van der Waals surface area (Å²) in [4.78, 5) is 4.56. The smallest absolute Gasteiger partial charge is 0.119 e. The number of morpholine rings is 1. The van der Waals surface area contributed by atoms with Gasteiger partial charge in [0.15, 0.2) is 0 Å². The lowest BCUT2D eigenvalue weighted by molar-refractivity contribution is -0.0504. The van der Waals surface area contributed by atoms with E-state index in [1.807, 2.05) is 12.1 Å². The molecular formula is C21H28N2O2. The molecule has 1 atom stereocenters. The summed E-state index contributed by atoms with van der Waals surface area (Å²) in [5, 5.41) is 0. The maximum Gasteiger partial charge on any atom is 0.119 e. The Morgan fingerprint density at radius 1 is 1.08 bits per heavy atom. The van der Waals surface area contributed by atoms with E-state index in [9.17, 15) is 0 Å². The van der Waals surface area contributed by atoms with Gasteiger partial charge in [0.05, 0.1) is 6.61 Å². The molecule has 0 radical (unpaired) electrons. The van der Waals surface area contributed by atoms with Crippen LogP contribution in [0.25, 0.3) is 0 Å². The van der Waals surface area contributed by atoms with Crippen molar-refractivity contribution in [2.75, 3.05) is 45.3 Å². The van der Waals surface area contributed by atoms with Crippen molar-refractivity contribution in [3.05, 3.63) is 59.7 Å². The monoisotopic (exact) mass is 340 g/mol. The number of anilines is 1. The van der Waals surface area contributed by atoms with Gasteiger partial charge in [-0.1, -0.05) is 29.8 Å². The van der Waals surface area contributed by atoms with Crippen LogP contribution in [0.5, 0.6) is 5.75 Å². The van der Waals surface area contributed by atoms with E-state index in [2.05, 4.69) is 67.2 Å². The molecule has 0 saturated carbocycles. The van der Waals surface area contributed by atoms with E-state index in [0.717, 1.165) is 32.0 Å². The van der Waals surface area contributed by atoms with Crippen LogP contribution in [-0.4, -0.2) is 51.4 Å². The number of benzene rings is 2. The zero-order chi connectivity index (χ0) is 17.6. The molecule has 0 bridgehead atoms. The topological polar surface area (TPSA) is 24.9 Å². The van der Waals surface area contributed by atoms with E-state index in [1.54, 1.807) is 0 Å². The molecule has 0 spiro atoms. The Morgan fingerprint density at radius 3 is 2.48 bits per heavy atom. The molecule has 1 fully saturated rings. The molecule has 134 valence electrons. The van der Waals surface area contributed by atoms with E-state index < -0.39 is 0 Å². The van der Waals surface area contributed by atoms with Crippen molar-refractivity contribution in [3.63, 3.8) is 0 Å². The Balaban J connectivity index is 1.49. The van der Waals surface area contributed by atoms with Gasteiger partial charge in [-0.05, 0) is 36.8 Å². The number of hydrogen-bond acceptors (Lipinski definition) is 4. The Bertz CT molecular complexity index is 653. The lowest BCUT2D eigenvalue weighted by Gasteiger charge is -2.32. The molecule has 2 aromatic rings. The Labute approximate surface area is 151 Å². The average Bonchev–Trinajstić information content (AvgIpc) is 2.62. The van der Waals surface area contributed by atoms with E-state index in [1.165, 1.54) is 16.8 Å². The van der Waals surface area contributed by atoms with Crippen molar-refractivity contribution in [3.8, 4) is 5.75 Å². The third-order valence-electron chi connectivity index (χ3n) is 4.54. The number of ether oxygens (including phenoxy) is 2. The maximum atomic E-state index is 5.88. The van der Waals surface area contributed by atoms with Gasteiger partial charge in [-0.2, -0.15) is 0 Å². The normalized spacial score (nSPS) is 18.1. The van der Waals surface area contributed by atoms with Gasteiger partial charge in [0.25, 0.3) is 0 Å². The third kappa shape index (κ3) is 5.21. The van der Waals surface area contributed by atoms with Crippen molar-refractivity contribution in [2.45, 2.75) is 19.6 Å². The fraction of sp³-hybridized carbons (Fsp3) is 0.429. The van der Waals surface area contributed by atoms with Crippen LogP contribution >= 0.6 is 0 Å². The van der Waals surface area contributed by atoms with Crippen LogP contribution in [0.1, 0.15) is 11.1 Å². The van der Waals surface area contributed by atoms with Crippen LogP contribution in [0.4, 0.5) is 5.69 Å². The maximum absolute atomic E-state index is 5.88. The van der Waals surface area contributed by atoms with Crippen LogP contribution in [0.15, 0.2) is 48.5 Å². The number of nitrogens with zero attached hydrogens (tertiary/aromatic N) is 2. The highest BCUT2D eigenvalue weighted by Gasteiger charge is 2.21. The van der Waals surface area contributed by atoms with E-state index in [-0.39, 0.29) is 6.10 Å². The molecule has 3 rings (SSSR count). The van der Waals surface area contributed by atoms with Gasteiger partial charge in [0, 0.05) is 39.4 Å². The van der Waals surface area contributed by atoms with Crippen molar-refractivity contribution >= 4 is 5.69 Å². The molecule has 0 aromatic heterocycles. The summed E-state index contributed by atoms with van der Waals surface area (Å²) in [6, 6.07) is 16.9. The number of hydrogen-bond donors (Lipinski definition) is 0. The predicted molar refractivity (Wildman–Crippen MR) is 102 cm³/mol. The predicted octanol–water partition coefficient (Wildman–Crippen LogP) is 3.34. The van der Waals surface area contributed by atoms with Gasteiger partial charge >= 0.3 is 0 Å². The molecular weight excluding hydrogens is 312 g/mol. The van der Waals surface area contributed by atoms with Crippen molar-refractivity contribution in [1.82, 2.24) is 4.90 Å². The van der Waals surface area contributed by atoms with Crippen molar-refractivity contribution < 1.29 is 9.47 Å². The highest BCUT2D eigenvalue weighted by atomic mass is 16.5. The molecule has 0 aliphatic carbocycles. The zero-order valence-electron chi connectivity index (χ0n) is 15.4. The van der Waals surface area contributed by atoms with Crippen LogP contribution in [0.3, 0.4) is 0 Å². The highest BCUT2D eigenvalue weighted by Crippen LogP contribution is 2.17. The Kier molecular flexibility index (Phi) is 5.95. The Hall–Kier alpha value is -2.04. The fourth-order valence-electron chi connectivity index (χ4n) is 3.01. The number of rotatable bonds is 6. The summed E-state index contributed by atoms with van der Waals surface area (Å²) in [5.74, 6) is 0.908. The van der Waals surface area contributed by atoms with Gasteiger partial charge < -0.3 is 14.4 Å². The largest absolute Gasteiger partial charge is 0.491 e. The van der Waals surface area contributed by atoms with E-state index in [4.69, 9.17) is 9.47 Å². The molecule has 0 N–H and O–H groups in total. The average molecular weight is 340 g/mol. The molecule has 1 saturated heterocycles. The van der Waals surface area contributed by atoms with E-state index >= 15 is 0 Å². The van der Waals surface area contributed by atoms with Gasteiger partial charge in [-0.25, -0.2) is 0 Å². The first-order chi connectivity index (χ1) is 12.1. The second kappa shape index (κ2) is 8.37. The second-order valence-electron chi connectivity index (χ2n) is 6.91. The summed E-state index contributed by atoms with van der Waals surface area (Å²) in [7, 11) is 4.13. The summed E-state index contributed by atoms with van der Waals surface area (Å²) < 4.78 is 11.8. The van der Waals surface area contributed by atoms with Crippen LogP contribution < -0.4 is 9.64 Å². The second-order valence-corrected chi connectivity index (χ2v) is 6.91. The molecule has 0 amide bonds. The quantitative estimate of drug-likeness (QED) is 0.805. The Morgan fingerprint density at radius 2 is 1.80 bits per heavy atom. The van der Waals surface area contributed by atoms with Crippen molar-refractivity contribution in [1.29, 1.82) is 0 Å². The summed E-state index contributed by atoms with van der Waals surface area (Å²) in [5.41, 5.74) is 3.81. The first-order valence-corrected chi connectivity index (χ1v) is 8.90. The van der Waals surface area contributed by atoms with Crippen molar-refractivity contribution in [2.24, 2.45) is 0 Å². The molecule has 1 aliphatic rings. The standard InChI is InChI=1S/C21H28N2O2/c1-17-4-10-20(11-5-17)25-16-21-15-23(12-13-24-21)14-18-6-8-19(9-7-18)22(2)3/h4-11,21H,12-16H2,1-3H3. The first kappa shape index (κ1) is 17.8. The fourth-order valence-corrected chi connectivity index (χ4v) is 3.01. The molecule has 4 nitrogen and oxygen atoms in total. The lowest BCUT2D eigenvalue weighted by Crippen LogP contribution is -2.44. The van der Waals surface area contributed by atoms with Gasteiger partial charge in [0.2, 0.25) is 0 Å². The SMILES string of the molecule is Cc1ccc(OCC2CN(Cc3ccc(N(C)C)cc3)CCO2)cc1. The molecule has 4 heteroatoms. The molecule has 1 aliphatic heterocycles. The van der Waals surface area contributed by atoms with Crippen LogP contribution in [0, 0.1) is 6.92 Å². The third-order valence-corrected chi connectivity index (χ3v) is 4.54. The van der Waals surface area contributed by atoms with Crippen LogP contribution in [-0.2, 0) is 11.3 Å². The minimum absolute atomic E-state index is 0.121. The highest BCUT2D eigenvalue weighted by molar-refractivity contribution is 5.45. The zero-order valence-corrected chi connectivity index (χ0v) is 15.4. The van der Waals surface area contributed by atoms with Gasteiger partial charge in [-0.15, -0.1) is 0 Å². The minimum atomic E-state index is 0.121.